The first-order chi connectivity index (χ1) is 15.0. The zero-order valence-corrected chi connectivity index (χ0v) is 17.2. The number of hydrogen-bond donors (Lipinski definition) is 1. The van der Waals surface area contributed by atoms with Gasteiger partial charge in [-0.15, -0.1) is 0 Å². The first-order valence-electron chi connectivity index (χ1n) is 10.1. The van der Waals surface area contributed by atoms with Gasteiger partial charge in [-0.3, -0.25) is 9.59 Å². The Balaban J connectivity index is 1.62. The number of anilines is 1. The summed E-state index contributed by atoms with van der Waals surface area (Å²) in [5.41, 5.74) is 5.07. The van der Waals surface area contributed by atoms with Crippen LogP contribution in [0.15, 0.2) is 72.8 Å². The minimum absolute atomic E-state index is 0.0475. The third kappa shape index (κ3) is 3.22. The zero-order valence-electron chi connectivity index (χ0n) is 17.2. The lowest BCUT2D eigenvalue weighted by atomic mass is 10.1. The summed E-state index contributed by atoms with van der Waals surface area (Å²) in [6, 6.07) is 22.0. The Morgan fingerprint density at radius 1 is 0.903 bits per heavy atom. The van der Waals surface area contributed by atoms with Gasteiger partial charge in [-0.25, -0.2) is 9.97 Å². The van der Waals surface area contributed by atoms with Crippen molar-refractivity contribution in [3.8, 4) is 0 Å². The van der Waals surface area contributed by atoms with E-state index in [1.54, 1.807) is 24.3 Å². The lowest BCUT2D eigenvalue weighted by molar-refractivity contribution is -0.118. The van der Waals surface area contributed by atoms with Crippen molar-refractivity contribution in [1.29, 1.82) is 0 Å². The number of hydrogen-bond acceptors (Lipinski definition) is 4. The first-order valence-corrected chi connectivity index (χ1v) is 10.1. The van der Waals surface area contributed by atoms with Gasteiger partial charge in [0.25, 0.3) is 0 Å². The summed E-state index contributed by atoms with van der Waals surface area (Å²) in [6.45, 7) is 3.34. The van der Waals surface area contributed by atoms with Gasteiger partial charge < -0.3 is 9.88 Å². The molecule has 6 nitrogen and oxygen atoms in total. The second-order valence-electron chi connectivity index (χ2n) is 7.57. The Labute approximate surface area is 178 Å². The Morgan fingerprint density at radius 3 is 2.39 bits per heavy atom. The van der Waals surface area contributed by atoms with Crippen molar-refractivity contribution >= 4 is 50.5 Å². The van der Waals surface area contributed by atoms with Crippen LogP contribution in [0.4, 0.5) is 5.69 Å². The largest absolute Gasteiger partial charge is 0.324 e. The number of rotatable bonds is 4. The van der Waals surface area contributed by atoms with Crippen LogP contribution in [-0.4, -0.2) is 26.2 Å². The summed E-state index contributed by atoms with van der Waals surface area (Å²) in [6.07, 6.45) is 0. The zero-order chi connectivity index (χ0) is 21.5. The third-order valence-corrected chi connectivity index (χ3v) is 5.50. The topological polar surface area (TPSA) is 76.9 Å². The van der Waals surface area contributed by atoms with Crippen LogP contribution in [0, 0.1) is 0 Å². The molecule has 1 amide bonds. The maximum Gasteiger partial charge on any atom is 0.247 e. The van der Waals surface area contributed by atoms with Crippen LogP contribution in [0.2, 0.25) is 0 Å². The summed E-state index contributed by atoms with van der Waals surface area (Å²) in [4.78, 5) is 34.5. The van der Waals surface area contributed by atoms with Crippen LogP contribution in [0.5, 0.6) is 0 Å². The van der Waals surface area contributed by atoms with E-state index in [4.69, 9.17) is 9.97 Å². The molecular weight excluding hydrogens is 388 g/mol. The molecule has 0 bridgehead atoms. The number of benzene rings is 3. The predicted molar refractivity (Wildman–Crippen MR) is 122 cm³/mol. The summed E-state index contributed by atoms with van der Waals surface area (Å²) in [5.74, 6) is -0.244. The molecule has 0 spiro atoms. The van der Waals surface area contributed by atoms with E-state index < -0.39 is 6.04 Å². The average molecular weight is 408 g/mol. The quantitative estimate of drug-likeness (QED) is 0.418. The number of para-hydroxylation sites is 3. The molecule has 5 aromatic rings. The molecule has 0 aliphatic carbocycles. The Hall–Kier alpha value is -4.06. The second kappa shape index (κ2) is 7.32. The molecule has 0 radical (unpaired) electrons. The fraction of sp³-hybridized carbons (Fsp3) is 0.120. The van der Waals surface area contributed by atoms with Crippen molar-refractivity contribution in [1.82, 2.24) is 14.5 Å². The molecule has 3 aromatic carbocycles. The van der Waals surface area contributed by atoms with Crippen LogP contribution in [0.1, 0.15) is 30.2 Å². The molecule has 0 aliphatic heterocycles. The summed E-state index contributed by atoms with van der Waals surface area (Å²) < 4.78 is 1.92. The van der Waals surface area contributed by atoms with Crippen LogP contribution < -0.4 is 5.32 Å². The van der Waals surface area contributed by atoms with Crippen LogP contribution in [0.3, 0.4) is 0 Å². The SMILES string of the molecule is CC(=O)c1cccc(NC(=O)C(C)n2c3ccccc3c3nc4ccccc4nc32)c1. The van der Waals surface area contributed by atoms with Crippen LogP contribution >= 0.6 is 0 Å². The van der Waals surface area contributed by atoms with E-state index in [0.29, 0.717) is 16.9 Å². The van der Waals surface area contributed by atoms with Crippen molar-refractivity contribution in [2.45, 2.75) is 19.9 Å². The molecule has 1 atom stereocenters. The maximum atomic E-state index is 13.2. The van der Waals surface area contributed by atoms with E-state index in [1.165, 1.54) is 6.92 Å². The lowest BCUT2D eigenvalue weighted by Crippen LogP contribution is -2.24. The molecule has 2 heterocycles. The van der Waals surface area contributed by atoms with E-state index in [0.717, 1.165) is 27.5 Å². The molecule has 0 fully saturated rings. The first kappa shape index (κ1) is 18.9. The normalized spacial score (nSPS) is 12.3. The number of ketones is 1. The fourth-order valence-electron chi connectivity index (χ4n) is 3.91. The molecule has 5 rings (SSSR count). The molecule has 31 heavy (non-hydrogen) atoms. The summed E-state index contributed by atoms with van der Waals surface area (Å²) in [5, 5.41) is 3.88. The van der Waals surface area contributed by atoms with Gasteiger partial charge in [-0.05, 0) is 44.2 Å². The molecule has 2 aromatic heterocycles. The fourth-order valence-corrected chi connectivity index (χ4v) is 3.91. The Bertz CT molecular complexity index is 1490. The van der Waals surface area contributed by atoms with Crippen molar-refractivity contribution in [3.63, 3.8) is 0 Å². The lowest BCUT2D eigenvalue weighted by Gasteiger charge is -2.16. The molecule has 1 unspecified atom stereocenters. The van der Waals surface area contributed by atoms with Crippen LogP contribution in [0.25, 0.3) is 33.1 Å². The highest BCUT2D eigenvalue weighted by atomic mass is 16.2. The van der Waals surface area contributed by atoms with Gasteiger partial charge in [0.15, 0.2) is 11.4 Å². The summed E-state index contributed by atoms with van der Waals surface area (Å²) >= 11 is 0. The number of nitrogens with zero attached hydrogens (tertiary/aromatic N) is 3. The Kier molecular flexibility index (Phi) is 4.47. The van der Waals surface area contributed by atoms with Gasteiger partial charge in [-0.2, -0.15) is 0 Å². The van der Waals surface area contributed by atoms with Crippen molar-refractivity contribution in [2.75, 3.05) is 5.32 Å². The highest BCUT2D eigenvalue weighted by Gasteiger charge is 2.23. The van der Waals surface area contributed by atoms with Gasteiger partial charge in [0.1, 0.15) is 11.6 Å². The van der Waals surface area contributed by atoms with Gasteiger partial charge in [0.2, 0.25) is 5.91 Å². The predicted octanol–water partition coefficient (Wildman–Crippen LogP) is 5.14. The number of carbonyl (C=O) groups excluding carboxylic acids is 2. The number of carbonyl (C=O) groups is 2. The van der Waals surface area contributed by atoms with Gasteiger partial charge in [0, 0.05) is 16.6 Å². The smallest absolute Gasteiger partial charge is 0.247 e. The van der Waals surface area contributed by atoms with Gasteiger partial charge in [-0.1, -0.05) is 42.5 Å². The number of Topliss-reactive ketones (excluding diaryl/α,β-unsaturated/α-hetero) is 1. The molecule has 0 aliphatic rings. The highest BCUT2D eigenvalue weighted by molar-refractivity contribution is 6.08. The minimum Gasteiger partial charge on any atom is -0.324 e. The van der Waals surface area contributed by atoms with Crippen molar-refractivity contribution in [3.05, 3.63) is 78.4 Å². The highest BCUT2D eigenvalue weighted by Crippen LogP contribution is 2.31. The van der Waals surface area contributed by atoms with E-state index >= 15 is 0 Å². The number of nitrogens with one attached hydrogen (secondary N) is 1. The van der Waals surface area contributed by atoms with Crippen LogP contribution in [-0.2, 0) is 4.79 Å². The molecule has 152 valence electrons. The molecule has 6 heteroatoms. The van der Waals surface area contributed by atoms with E-state index in [2.05, 4.69) is 5.32 Å². The number of aromatic nitrogens is 3. The average Bonchev–Trinajstić information content (AvgIpc) is 3.10. The Morgan fingerprint density at radius 2 is 1.61 bits per heavy atom. The summed E-state index contributed by atoms with van der Waals surface area (Å²) in [7, 11) is 0. The van der Waals surface area contributed by atoms with E-state index in [-0.39, 0.29) is 11.7 Å². The molecule has 1 N–H and O–H groups in total. The number of amides is 1. The molecular formula is C25H20N4O2. The van der Waals surface area contributed by atoms with Gasteiger partial charge in [0.05, 0.1) is 16.6 Å². The standard InChI is InChI=1S/C25H20N4O2/c1-15(25(31)26-18-9-7-8-17(14-18)16(2)30)29-22-13-6-3-10-19(22)23-24(29)28-21-12-5-4-11-20(21)27-23/h3-15H,1-2H3,(H,26,31). The van der Waals surface area contributed by atoms with Crippen molar-refractivity contribution in [2.24, 2.45) is 0 Å². The van der Waals surface area contributed by atoms with Crippen molar-refractivity contribution < 1.29 is 9.59 Å². The molecule has 0 saturated carbocycles. The van der Waals surface area contributed by atoms with E-state index in [1.807, 2.05) is 60.0 Å². The minimum atomic E-state index is -0.543. The second-order valence-corrected chi connectivity index (χ2v) is 7.57. The monoisotopic (exact) mass is 408 g/mol. The van der Waals surface area contributed by atoms with Gasteiger partial charge >= 0.3 is 0 Å². The number of fused-ring (bicyclic) bond motifs is 4. The maximum absolute atomic E-state index is 13.2. The van der Waals surface area contributed by atoms with E-state index in [9.17, 15) is 9.59 Å². The third-order valence-electron chi connectivity index (χ3n) is 5.50. The molecule has 0 saturated heterocycles.